The zero-order valence-electron chi connectivity index (χ0n) is 29.0. The maximum atomic E-state index is 12.5. The van der Waals surface area contributed by atoms with Crippen molar-refractivity contribution in [2.24, 2.45) is 0 Å². The monoisotopic (exact) mass is 678 g/mol. The van der Waals surface area contributed by atoms with Crippen LogP contribution in [-0.2, 0) is 32.7 Å². The molecule has 0 fully saturated rings. The van der Waals surface area contributed by atoms with E-state index in [1.807, 2.05) is 0 Å². The number of hydrogen-bond acceptors (Lipinski definition) is 9. The normalized spacial score (nSPS) is 14.3. The highest BCUT2D eigenvalue weighted by atomic mass is 31.2. The van der Waals surface area contributed by atoms with E-state index in [2.05, 4.69) is 30.5 Å². The van der Waals surface area contributed by atoms with E-state index in [0.717, 1.165) is 57.8 Å². The third-order valence-electron chi connectivity index (χ3n) is 7.67. The minimum absolute atomic E-state index is 0.187. The van der Waals surface area contributed by atoms with Crippen molar-refractivity contribution in [3.8, 4) is 0 Å². The van der Waals surface area contributed by atoms with Gasteiger partial charge in [0.15, 0.2) is 6.10 Å². The molecule has 0 aliphatic rings. The smallest absolute Gasteiger partial charge is 0.462 e. The molecule has 0 saturated heterocycles. The quantitative estimate of drug-likeness (QED) is 0.0262. The van der Waals surface area contributed by atoms with E-state index in [1.165, 1.54) is 64.2 Å². The molecule has 0 amide bonds. The Morgan fingerprint density at radius 1 is 0.630 bits per heavy atom. The first-order valence-electron chi connectivity index (χ1n) is 18.1. The van der Waals surface area contributed by atoms with Crippen molar-refractivity contribution in [2.75, 3.05) is 26.4 Å². The highest BCUT2D eigenvalue weighted by Crippen LogP contribution is 2.43. The number of carbonyl (C=O) groups excluding carboxylic acids is 2. The molecule has 1 unspecified atom stereocenters. The number of esters is 2. The average Bonchev–Trinajstić information content (AvgIpc) is 3.04. The SMILES string of the molecule is CCCC/C=C/CCCCCCCC(=O)OC[C@@H](COP(=O)(O)OC[C@H](O)CO)OC(=O)CCCCCCCCCCCCCC. The van der Waals surface area contributed by atoms with Gasteiger partial charge in [-0.3, -0.25) is 18.6 Å². The van der Waals surface area contributed by atoms with E-state index >= 15 is 0 Å². The summed E-state index contributed by atoms with van der Waals surface area (Å²) in [6, 6.07) is 0. The lowest BCUT2D eigenvalue weighted by Gasteiger charge is -2.20. The van der Waals surface area contributed by atoms with Crippen molar-refractivity contribution in [2.45, 2.75) is 174 Å². The molecule has 0 aromatic heterocycles. The fourth-order valence-electron chi connectivity index (χ4n) is 4.80. The molecule has 0 radical (unpaired) electrons. The summed E-state index contributed by atoms with van der Waals surface area (Å²) in [4.78, 5) is 34.7. The lowest BCUT2D eigenvalue weighted by atomic mass is 10.0. The van der Waals surface area contributed by atoms with Crippen LogP contribution >= 0.6 is 7.82 Å². The number of rotatable bonds is 34. The van der Waals surface area contributed by atoms with Gasteiger partial charge in [0.05, 0.1) is 19.8 Å². The van der Waals surface area contributed by atoms with Crippen LogP contribution in [0.5, 0.6) is 0 Å². The van der Waals surface area contributed by atoms with Crippen molar-refractivity contribution >= 4 is 19.8 Å². The molecule has 0 rings (SSSR count). The van der Waals surface area contributed by atoms with Crippen LogP contribution in [0.3, 0.4) is 0 Å². The molecule has 0 aromatic carbocycles. The molecule has 46 heavy (non-hydrogen) atoms. The van der Waals surface area contributed by atoms with E-state index in [4.69, 9.17) is 19.1 Å². The lowest BCUT2D eigenvalue weighted by Crippen LogP contribution is -2.29. The predicted octanol–water partition coefficient (Wildman–Crippen LogP) is 8.50. The Kier molecular flexibility index (Phi) is 31.4. The number of ether oxygens (including phenoxy) is 2. The van der Waals surface area contributed by atoms with Gasteiger partial charge in [0, 0.05) is 12.8 Å². The van der Waals surface area contributed by atoms with Crippen LogP contribution in [0.4, 0.5) is 0 Å². The molecule has 0 aliphatic carbocycles. The van der Waals surface area contributed by atoms with E-state index in [1.54, 1.807) is 0 Å². The Morgan fingerprint density at radius 3 is 1.63 bits per heavy atom. The molecule has 11 heteroatoms. The molecule has 0 spiro atoms. The highest BCUT2D eigenvalue weighted by Gasteiger charge is 2.27. The van der Waals surface area contributed by atoms with Gasteiger partial charge < -0.3 is 24.6 Å². The third-order valence-corrected chi connectivity index (χ3v) is 8.62. The summed E-state index contributed by atoms with van der Waals surface area (Å²) in [5.41, 5.74) is 0. The van der Waals surface area contributed by atoms with Crippen LogP contribution < -0.4 is 0 Å². The van der Waals surface area contributed by atoms with E-state index in [9.17, 15) is 24.2 Å². The summed E-state index contributed by atoms with van der Waals surface area (Å²) >= 11 is 0. The standard InChI is InChI=1S/C35H67O10P/c1-3-5-7-9-11-13-15-17-19-21-23-25-27-35(39)45-33(31-44-46(40,41)43-29-32(37)28-36)30-42-34(38)26-24-22-20-18-16-14-12-10-8-6-4-2/h10,12,32-33,36-37H,3-9,11,13-31H2,1-2H3,(H,40,41)/b12-10+/t32-,33+/m1/s1. The number of aliphatic hydroxyl groups is 2. The first kappa shape index (κ1) is 44.7. The summed E-state index contributed by atoms with van der Waals surface area (Å²) in [6.07, 6.45) is 26.1. The third kappa shape index (κ3) is 31.3. The van der Waals surface area contributed by atoms with Gasteiger partial charge in [0.25, 0.3) is 0 Å². The Hall–Kier alpha value is -1.29. The number of phosphoric ester groups is 1. The minimum Gasteiger partial charge on any atom is -0.462 e. The lowest BCUT2D eigenvalue weighted by molar-refractivity contribution is -0.161. The zero-order valence-corrected chi connectivity index (χ0v) is 29.9. The summed E-state index contributed by atoms with van der Waals surface area (Å²) < 4.78 is 32.5. The van der Waals surface area contributed by atoms with E-state index in [-0.39, 0.29) is 19.4 Å². The first-order valence-corrected chi connectivity index (χ1v) is 19.6. The Labute approximate surface area is 279 Å². The van der Waals surface area contributed by atoms with Gasteiger partial charge in [-0.2, -0.15) is 0 Å². The zero-order chi connectivity index (χ0) is 34.1. The van der Waals surface area contributed by atoms with Gasteiger partial charge in [-0.15, -0.1) is 0 Å². The number of aliphatic hydroxyl groups excluding tert-OH is 2. The highest BCUT2D eigenvalue weighted by molar-refractivity contribution is 7.47. The molecule has 0 bridgehead atoms. The Morgan fingerprint density at radius 2 is 1.09 bits per heavy atom. The number of phosphoric acid groups is 1. The van der Waals surface area contributed by atoms with Gasteiger partial charge in [-0.25, -0.2) is 4.57 Å². The Balaban J connectivity index is 4.40. The maximum absolute atomic E-state index is 12.5. The average molecular weight is 679 g/mol. The molecule has 0 aromatic rings. The van der Waals surface area contributed by atoms with Crippen LogP contribution in [0.15, 0.2) is 12.2 Å². The van der Waals surface area contributed by atoms with Crippen LogP contribution in [0.25, 0.3) is 0 Å². The number of allylic oxidation sites excluding steroid dienone is 2. The molecule has 3 atom stereocenters. The molecule has 3 N–H and O–H groups in total. The fraction of sp³-hybridized carbons (Fsp3) is 0.886. The summed E-state index contributed by atoms with van der Waals surface area (Å²) in [7, 11) is -4.60. The molecule has 272 valence electrons. The van der Waals surface area contributed by atoms with Crippen LogP contribution in [-0.4, -0.2) is 65.7 Å². The second kappa shape index (κ2) is 32.3. The second-order valence-electron chi connectivity index (χ2n) is 12.3. The van der Waals surface area contributed by atoms with Crippen LogP contribution in [0.2, 0.25) is 0 Å². The first-order chi connectivity index (χ1) is 22.2. The topological polar surface area (TPSA) is 149 Å². The van der Waals surface area contributed by atoms with Gasteiger partial charge in [-0.05, 0) is 32.1 Å². The molecule has 0 saturated carbocycles. The molecular formula is C35H67O10P. The molecule has 10 nitrogen and oxygen atoms in total. The Bertz CT molecular complexity index is 791. The molecule has 0 heterocycles. The number of hydrogen-bond donors (Lipinski definition) is 3. The fourth-order valence-corrected chi connectivity index (χ4v) is 5.59. The van der Waals surface area contributed by atoms with Crippen molar-refractivity contribution in [1.82, 2.24) is 0 Å². The minimum atomic E-state index is -4.60. The summed E-state index contributed by atoms with van der Waals surface area (Å²) in [6.45, 7) is 2.31. The second-order valence-corrected chi connectivity index (χ2v) is 13.7. The van der Waals surface area contributed by atoms with Gasteiger partial charge >= 0.3 is 19.8 Å². The summed E-state index contributed by atoms with van der Waals surface area (Å²) in [5, 5.41) is 18.2. The van der Waals surface area contributed by atoms with Gasteiger partial charge in [0.1, 0.15) is 12.7 Å². The predicted molar refractivity (Wildman–Crippen MR) is 182 cm³/mol. The van der Waals surface area contributed by atoms with E-state index < -0.39 is 51.8 Å². The van der Waals surface area contributed by atoms with Gasteiger partial charge in [-0.1, -0.05) is 129 Å². The number of unbranched alkanes of at least 4 members (excludes halogenated alkanes) is 18. The van der Waals surface area contributed by atoms with Crippen molar-refractivity contribution in [3.05, 3.63) is 12.2 Å². The number of carbonyl (C=O) groups is 2. The van der Waals surface area contributed by atoms with Crippen LogP contribution in [0, 0.1) is 0 Å². The van der Waals surface area contributed by atoms with Gasteiger partial charge in [0.2, 0.25) is 0 Å². The van der Waals surface area contributed by atoms with Crippen molar-refractivity contribution < 1.29 is 47.8 Å². The van der Waals surface area contributed by atoms with E-state index in [0.29, 0.717) is 12.8 Å². The van der Waals surface area contributed by atoms with Crippen molar-refractivity contribution in [3.63, 3.8) is 0 Å². The van der Waals surface area contributed by atoms with Crippen LogP contribution in [0.1, 0.15) is 162 Å². The van der Waals surface area contributed by atoms with Crippen molar-refractivity contribution in [1.29, 1.82) is 0 Å². The largest absolute Gasteiger partial charge is 0.472 e. The summed E-state index contributed by atoms with van der Waals surface area (Å²) in [5.74, 6) is -0.934. The molecular weight excluding hydrogens is 611 g/mol. The molecule has 0 aliphatic heterocycles. The maximum Gasteiger partial charge on any atom is 0.472 e.